The molecule has 1 heterocycles. The number of hydrogen-bond acceptors (Lipinski definition) is 4. The van der Waals surface area contributed by atoms with Gasteiger partial charge in [-0.3, -0.25) is 0 Å². The zero-order valence-electron chi connectivity index (χ0n) is 11.2. The number of hydrogen-bond donors (Lipinski definition) is 2. The summed E-state index contributed by atoms with van der Waals surface area (Å²) in [5.41, 5.74) is 0. The van der Waals surface area contributed by atoms with Gasteiger partial charge in [-0.05, 0) is 12.8 Å². The molecule has 2 rings (SSSR count). The van der Waals surface area contributed by atoms with E-state index in [0.717, 1.165) is 12.8 Å². The van der Waals surface area contributed by atoms with E-state index in [1.165, 1.54) is 19.0 Å². The van der Waals surface area contributed by atoms with Gasteiger partial charge in [-0.2, -0.15) is 0 Å². The smallest absolute Gasteiger partial charge is 0.257 e. The Bertz CT molecular complexity index is 492. The molecule has 0 radical (unpaired) electrons. The minimum atomic E-state index is -3.49. The largest absolute Gasteiger partial charge is 0.377 e. The number of aryl methyl sites for hydroxylation is 1. The van der Waals surface area contributed by atoms with Gasteiger partial charge in [0.1, 0.15) is 5.82 Å². The first-order valence-electron chi connectivity index (χ1n) is 6.77. The van der Waals surface area contributed by atoms with Crippen LogP contribution in [0.1, 0.15) is 38.4 Å². The first-order valence-corrected chi connectivity index (χ1v) is 8.25. The Morgan fingerprint density at radius 2 is 2.21 bits per heavy atom. The molecule has 0 amide bonds. The second-order valence-electron chi connectivity index (χ2n) is 4.72. The van der Waals surface area contributed by atoms with Crippen LogP contribution in [-0.4, -0.2) is 37.6 Å². The lowest BCUT2D eigenvalue weighted by molar-refractivity contribution is 0.0626. The van der Waals surface area contributed by atoms with Gasteiger partial charge in [0.15, 0.2) is 5.03 Å². The van der Waals surface area contributed by atoms with Gasteiger partial charge in [-0.1, -0.05) is 19.8 Å². The number of rotatable bonds is 7. The fourth-order valence-corrected chi connectivity index (χ4v) is 3.15. The predicted molar refractivity (Wildman–Crippen MR) is 71.4 cm³/mol. The van der Waals surface area contributed by atoms with Crippen LogP contribution in [0, 0.1) is 0 Å². The molecule has 0 spiro atoms. The van der Waals surface area contributed by atoms with Crippen molar-refractivity contribution < 1.29 is 13.2 Å². The highest BCUT2D eigenvalue weighted by atomic mass is 32.2. The summed E-state index contributed by atoms with van der Waals surface area (Å²) in [5, 5.41) is 0.116. The van der Waals surface area contributed by atoms with Crippen molar-refractivity contribution in [3.8, 4) is 0 Å². The maximum Gasteiger partial charge on any atom is 0.257 e. The fourth-order valence-electron chi connectivity index (χ4n) is 2.19. The molecular weight excluding hydrogens is 266 g/mol. The number of H-pyrrole nitrogens is 1. The molecule has 0 unspecified atom stereocenters. The molecule has 108 valence electrons. The highest BCUT2D eigenvalue weighted by molar-refractivity contribution is 7.89. The molecular formula is C12H21N3O3S. The molecule has 0 aromatic carbocycles. The Morgan fingerprint density at radius 1 is 1.47 bits per heavy atom. The highest BCUT2D eigenvalue weighted by Crippen LogP contribution is 2.20. The molecule has 1 aliphatic rings. The number of nitrogens with zero attached hydrogens (tertiary/aromatic N) is 1. The van der Waals surface area contributed by atoms with E-state index >= 15 is 0 Å². The third-order valence-electron chi connectivity index (χ3n) is 3.28. The predicted octanol–water partition coefficient (Wildman–Crippen LogP) is 1.21. The summed E-state index contributed by atoms with van der Waals surface area (Å²) in [6.45, 7) is 2.62. The summed E-state index contributed by atoms with van der Waals surface area (Å²) in [5.74, 6) is 0.669. The molecule has 7 heteroatoms. The first-order chi connectivity index (χ1) is 9.12. The van der Waals surface area contributed by atoms with Gasteiger partial charge < -0.3 is 9.72 Å². The minimum absolute atomic E-state index is 0.116. The van der Waals surface area contributed by atoms with E-state index in [-0.39, 0.29) is 5.03 Å². The van der Waals surface area contributed by atoms with Crippen molar-refractivity contribution in [3.05, 3.63) is 12.0 Å². The topological polar surface area (TPSA) is 84.1 Å². The highest BCUT2D eigenvalue weighted by Gasteiger charge is 2.18. The van der Waals surface area contributed by atoms with Gasteiger partial charge in [-0.25, -0.2) is 18.1 Å². The maximum atomic E-state index is 11.9. The van der Waals surface area contributed by atoms with E-state index in [4.69, 9.17) is 4.74 Å². The van der Waals surface area contributed by atoms with Gasteiger partial charge in [0, 0.05) is 13.0 Å². The van der Waals surface area contributed by atoms with Crippen molar-refractivity contribution in [1.29, 1.82) is 0 Å². The van der Waals surface area contributed by atoms with Crippen LogP contribution in [0.25, 0.3) is 0 Å². The van der Waals surface area contributed by atoms with Gasteiger partial charge in [0.05, 0.1) is 18.9 Å². The zero-order valence-corrected chi connectivity index (χ0v) is 12.0. The Kier molecular flexibility index (Phi) is 4.95. The Labute approximate surface area is 114 Å². The molecule has 1 aromatic rings. The standard InChI is InChI=1S/C12H21N3O3S/c1-2-11-13-9-12(15-11)19(16,17)14-7-8-18-10-5-3-4-6-10/h9-10,14H,2-8H2,1H3,(H,13,15). The number of aromatic amines is 1. The second kappa shape index (κ2) is 6.49. The maximum absolute atomic E-state index is 11.9. The van der Waals surface area contributed by atoms with Gasteiger partial charge in [0.2, 0.25) is 0 Å². The van der Waals surface area contributed by atoms with Gasteiger partial charge >= 0.3 is 0 Å². The van der Waals surface area contributed by atoms with Crippen LogP contribution in [0.5, 0.6) is 0 Å². The molecule has 0 aliphatic heterocycles. The van der Waals surface area contributed by atoms with Crippen molar-refractivity contribution in [2.75, 3.05) is 13.2 Å². The third-order valence-corrected chi connectivity index (χ3v) is 4.65. The molecule has 0 atom stereocenters. The van der Waals surface area contributed by atoms with Crippen molar-refractivity contribution in [2.24, 2.45) is 0 Å². The molecule has 2 N–H and O–H groups in total. The summed E-state index contributed by atoms with van der Waals surface area (Å²) in [7, 11) is -3.49. The lowest BCUT2D eigenvalue weighted by Gasteiger charge is -2.11. The van der Waals surface area contributed by atoms with E-state index in [2.05, 4.69) is 14.7 Å². The molecule has 0 bridgehead atoms. The summed E-state index contributed by atoms with van der Waals surface area (Å²) in [6.07, 6.45) is 6.94. The van der Waals surface area contributed by atoms with Crippen LogP contribution < -0.4 is 4.72 Å². The fraction of sp³-hybridized carbons (Fsp3) is 0.750. The lowest BCUT2D eigenvalue weighted by atomic mass is 10.3. The Morgan fingerprint density at radius 3 is 2.84 bits per heavy atom. The quantitative estimate of drug-likeness (QED) is 0.738. The second-order valence-corrected chi connectivity index (χ2v) is 6.46. The molecule has 0 saturated heterocycles. The Hall–Kier alpha value is -0.920. The lowest BCUT2D eigenvalue weighted by Crippen LogP contribution is -2.28. The summed E-state index contributed by atoms with van der Waals surface area (Å²) >= 11 is 0. The molecule has 1 saturated carbocycles. The number of ether oxygens (including phenoxy) is 1. The summed E-state index contributed by atoms with van der Waals surface area (Å²) in [6, 6.07) is 0. The van der Waals surface area contributed by atoms with Gasteiger partial charge in [-0.15, -0.1) is 0 Å². The number of sulfonamides is 1. The van der Waals surface area contributed by atoms with Crippen molar-refractivity contribution >= 4 is 10.0 Å². The van der Waals surface area contributed by atoms with Crippen LogP contribution in [0.3, 0.4) is 0 Å². The average Bonchev–Trinajstić information content (AvgIpc) is 3.05. The van der Waals surface area contributed by atoms with Crippen LogP contribution in [-0.2, 0) is 21.2 Å². The molecule has 19 heavy (non-hydrogen) atoms. The van der Waals surface area contributed by atoms with E-state index in [9.17, 15) is 8.42 Å². The molecule has 1 aromatic heterocycles. The summed E-state index contributed by atoms with van der Waals surface area (Å²) in [4.78, 5) is 6.77. The monoisotopic (exact) mass is 287 g/mol. The van der Waals surface area contributed by atoms with Crippen LogP contribution in [0.4, 0.5) is 0 Å². The van der Waals surface area contributed by atoms with Crippen LogP contribution in [0.2, 0.25) is 0 Å². The van der Waals surface area contributed by atoms with E-state index in [1.807, 2.05) is 6.92 Å². The Balaban J connectivity index is 1.77. The van der Waals surface area contributed by atoms with Crippen molar-refractivity contribution in [3.63, 3.8) is 0 Å². The molecule has 1 fully saturated rings. The number of imidazole rings is 1. The van der Waals surface area contributed by atoms with Crippen LogP contribution >= 0.6 is 0 Å². The van der Waals surface area contributed by atoms with E-state index in [0.29, 0.717) is 31.5 Å². The first kappa shape index (κ1) is 14.5. The average molecular weight is 287 g/mol. The molecule has 6 nitrogen and oxygen atoms in total. The van der Waals surface area contributed by atoms with Crippen molar-refractivity contribution in [1.82, 2.24) is 14.7 Å². The minimum Gasteiger partial charge on any atom is -0.377 e. The van der Waals surface area contributed by atoms with Crippen LogP contribution in [0.15, 0.2) is 11.2 Å². The number of nitrogens with one attached hydrogen (secondary N) is 2. The van der Waals surface area contributed by atoms with E-state index in [1.54, 1.807) is 0 Å². The molecule has 1 aliphatic carbocycles. The normalized spacial score (nSPS) is 17.1. The van der Waals surface area contributed by atoms with Crippen molar-refractivity contribution in [2.45, 2.75) is 50.2 Å². The third kappa shape index (κ3) is 4.02. The van der Waals surface area contributed by atoms with Gasteiger partial charge in [0.25, 0.3) is 10.0 Å². The zero-order chi connectivity index (χ0) is 13.7. The number of aromatic nitrogens is 2. The van der Waals surface area contributed by atoms with E-state index < -0.39 is 10.0 Å². The SMILES string of the molecule is CCc1ncc(S(=O)(=O)NCCOC2CCCC2)[nH]1. The summed E-state index contributed by atoms with van der Waals surface area (Å²) < 4.78 is 32.0.